The third-order valence-electron chi connectivity index (χ3n) is 3.79. The van der Waals surface area contributed by atoms with Crippen molar-refractivity contribution in [3.05, 3.63) is 95.8 Å². The summed E-state index contributed by atoms with van der Waals surface area (Å²) in [5.74, 6) is 7.66. The molecule has 0 atom stereocenters. The van der Waals surface area contributed by atoms with Gasteiger partial charge in [-0.25, -0.2) is 10.8 Å². The van der Waals surface area contributed by atoms with Crippen molar-refractivity contribution in [3.8, 4) is 0 Å². The molecule has 4 N–H and O–H groups in total. The summed E-state index contributed by atoms with van der Waals surface area (Å²) < 4.78 is 0. The number of thioether (sulfide) groups is 1. The third kappa shape index (κ3) is 5.28. The van der Waals surface area contributed by atoms with Crippen LogP contribution in [0.15, 0.2) is 100 Å². The molecule has 0 amide bonds. The molecule has 0 aromatic heterocycles. The zero-order valence-electron chi connectivity index (χ0n) is 16.5. The summed E-state index contributed by atoms with van der Waals surface area (Å²) >= 11 is 1.45. The van der Waals surface area contributed by atoms with Crippen molar-refractivity contribution in [2.75, 3.05) is 19.1 Å². The van der Waals surface area contributed by atoms with Crippen LogP contribution in [0.3, 0.4) is 0 Å². The normalized spacial score (nSPS) is 14.6. The minimum atomic E-state index is 0.557. The second kappa shape index (κ2) is 10.4. The number of para-hydroxylation sites is 1. The number of hydrogen-bond donors (Lipinski definition) is 2. The van der Waals surface area contributed by atoms with Crippen LogP contribution in [0.5, 0.6) is 0 Å². The smallest absolute Gasteiger partial charge is 0.180 e. The van der Waals surface area contributed by atoms with Crippen molar-refractivity contribution in [1.82, 2.24) is 4.90 Å². The molecule has 1 aliphatic rings. The van der Waals surface area contributed by atoms with Crippen LogP contribution < -0.4 is 16.6 Å². The van der Waals surface area contributed by atoms with E-state index >= 15 is 0 Å². The van der Waals surface area contributed by atoms with Gasteiger partial charge >= 0.3 is 0 Å². The molecule has 0 unspecified atom stereocenters. The Morgan fingerprint density at radius 3 is 2.32 bits per heavy atom. The van der Waals surface area contributed by atoms with E-state index in [1.54, 1.807) is 11.1 Å². The Morgan fingerprint density at radius 1 is 1.11 bits per heavy atom. The predicted molar refractivity (Wildman–Crippen MR) is 122 cm³/mol. The molecule has 0 spiro atoms. The lowest BCUT2D eigenvalue weighted by Gasteiger charge is -2.30. The molecule has 0 saturated heterocycles. The fraction of sp³-hybridized carbons (Fsp3) is 0.136. The Kier molecular flexibility index (Phi) is 7.92. The topological polar surface area (TPSA) is 70.9 Å². The van der Waals surface area contributed by atoms with Gasteiger partial charge in [0, 0.05) is 24.6 Å². The number of nitrogens with two attached hydrogens (primary N) is 2. The highest BCUT2D eigenvalue weighted by molar-refractivity contribution is 8.03. The van der Waals surface area contributed by atoms with Crippen molar-refractivity contribution < 1.29 is 0 Å². The number of aliphatic imine (C=N–C) groups is 1. The molecular weight excluding hydrogens is 366 g/mol. The number of fused-ring (bicyclic) bond motifs is 1. The highest BCUT2D eigenvalue weighted by Gasteiger charge is 2.25. The number of benzene rings is 2. The maximum Gasteiger partial charge on any atom is 0.180 e. The summed E-state index contributed by atoms with van der Waals surface area (Å²) in [6.07, 6.45) is 5.58. The summed E-state index contributed by atoms with van der Waals surface area (Å²) in [7, 11) is 3.92. The molecule has 5 nitrogen and oxygen atoms in total. The van der Waals surface area contributed by atoms with Crippen LogP contribution in [0.25, 0.3) is 0 Å². The molecular formula is C22H27N5S. The summed E-state index contributed by atoms with van der Waals surface area (Å²) in [6, 6.07) is 17.8. The summed E-state index contributed by atoms with van der Waals surface area (Å²) in [5, 5.41) is 2.11. The van der Waals surface area contributed by atoms with Gasteiger partial charge in [-0.05, 0) is 31.2 Å². The van der Waals surface area contributed by atoms with Crippen LogP contribution >= 0.6 is 11.8 Å². The molecule has 6 heteroatoms. The van der Waals surface area contributed by atoms with Gasteiger partial charge in [0.25, 0.3) is 0 Å². The number of amidine groups is 1. The van der Waals surface area contributed by atoms with Gasteiger partial charge in [-0.1, -0.05) is 66.9 Å². The summed E-state index contributed by atoms with van der Waals surface area (Å²) in [4.78, 5) is 7.69. The first-order chi connectivity index (χ1) is 13.5. The fourth-order valence-electron chi connectivity index (χ4n) is 2.51. The zero-order valence-corrected chi connectivity index (χ0v) is 17.4. The SMILES string of the molecule is C=C/C=C\C.CN(C)C1=N/C(=C(/N)Sc2ccccc2)N(N)c2ccccc21. The number of anilines is 1. The van der Waals surface area contributed by atoms with Crippen molar-refractivity contribution >= 4 is 23.3 Å². The zero-order chi connectivity index (χ0) is 20.5. The maximum absolute atomic E-state index is 6.29. The first kappa shape index (κ1) is 21.3. The second-order valence-corrected chi connectivity index (χ2v) is 7.20. The van der Waals surface area contributed by atoms with Gasteiger partial charge in [0.2, 0.25) is 0 Å². The molecule has 0 aliphatic carbocycles. The average Bonchev–Trinajstić information content (AvgIpc) is 2.70. The van der Waals surface area contributed by atoms with Crippen molar-refractivity contribution in [2.24, 2.45) is 16.6 Å². The molecule has 146 valence electrons. The molecule has 2 aromatic rings. The number of hydrazine groups is 1. The Morgan fingerprint density at radius 2 is 1.75 bits per heavy atom. The molecule has 0 saturated carbocycles. The van der Waals surface area contributed by atoms with Crippen LogP contribution in [-0.4, -0.2) is 24.8 Å². The van der Waals surface area contributed by atoms with Gasteiger partial charge < -0.3 is 10.6 Å². The van der Waals surface area contributed by atoms with Gasteiger partial charge in [0.15, 0.2) is 5.82 Å². The molecule has 1 heterocycles. The van der Waals surface area contributed by atoms with E-state index < -0.39 is 0 Å². The number of rotatable bonds is 3. The van der Waals surface area contributed by atoms with E-state index in [0.717, 1.165) is 22.0 Å². The highest BCUT2D eigenvalue weighted by Crippen LogP contribution is 2.33. The molecule has 0 fully saturated rings. The lowest BCUT2D eigenvalue weighted by Crippen LogP contribution is -2.38. The van der Waals surface area contributed by atoms with E-state index in [2.05, 4.69) is 11.6 Å². The summed E-state index contributed by atoms with van der Waals surface area (Å²) in [6.45, 7) is 5.42. The standard InChI is InChI=1S/C17H19N5S.C5H8/c1-21(2)16-13-10-6-7-11-14(13)22(19)17(20-16)15(18)23-12-8-4-3-5-9-12;1-3-5-4-2/h3-11H,18-19H2,1-2H3;3-5H,1H2,2H3/b17-15+;5-4-. The van der Waals surface area contributed by atoms with E-state index in [-0.39, 0.29) is 0 Å². The monoisotopic (exact) mass is 393 g/mol. The molecule has 0 bridgehead atoms. The quantitative estimate of drug-likeness (QED) is 0.462. The average molecular weight is 394 g/mol. The van der Waals surface area contributed by atoms with E-state index in [1.807, 2.05) is 92.7 Å². The molecule has 3 rings (SSSR count). The van der Waals surface area contributed by atoms with Crippen molar-refractivity contribution in [3.63, 3.8) is 0 Å². The number of hydrogen-bond acceptors (Lipinski definition) is 6. The molecule has 1 aliphatic heterocycles. The van der Waals surface area contributed by atoms with Crippen LogP contribution in [0.2, 0.25) is 0 Å². The van der Waals surface area contributed by atoms with Crippen LogP contribution in [0.1, 0.15) is 12.5 Å². The molecule has 2 aromatic carbocycles. The van der Waals surface area contributed by atoms with E-state index in [4.69, 9.17) is 11.6 Å². The van der Waals surface area contributed by atoms with Gasteiger partial charge in [-0.3, -0.25) is 5.01 Å². The first-order valence-electron chi connectivity index (χ1n) is 8.86. The Labute approximate surface area is 171 Å². The predicted octanol–water partition coefficient (Wildman–Crippen LogP) is 4.31. The van der Waals surface area contributed by atoms with Gasteiger partial charge in [-0.15, -0.1) is 0 Å². The lowest BCUT2D eigenvalue weighted by molar-refractivity contribution is 0.618. The lowest BCUT2D eigenvalue weighted by atomic mass is 10.1. The number of allylic oxidation sites excluding steroid dienone is 3. The Hall–Kier alpha value is -2.96. The van der Waals surface area contributed by atoms with Gasteiger partial charge in [-0.2, -0.15) is 0 Å². The Balaban J connectivity index is 0.000000500. The minimum Gasteiger partial charge on any atom is -0.390 e. The van der Waals surface area contributed by atoms with Gasteiger partial charge in [0.05, 0.1) is 5.69 Å². The van der Waals surface area contributed by atoms with E-state index in [0.29, 0.717) is 10.9 Å². The largest absolute Gasteiger partial charge is 0.390 e. The van der Waals surface area contributed by atoms with Crippen LogP contribution in [0, 0.1) is 0 Å². The first-order valence-corrected chi connectivity index (χ1v) is 9.67. The van der Waals surface area contributed by atoms with Gasteiger partial charge in [0.1, 0.15) is 10.9 Å². The van der Waals surface area contributed by atoms with E-state index in [1.165, 1.54) is 11.8 Å². The minimum absolute atomic E-state index is 0.557. The highest BCUT2D eigenvalue weighted by atomic mass is 32.2. The molecule has 28 heavy (non-hydrogen) atoms. The second-order valence-electron chi connectivity index (χ2n) is 6.08. The Bertz CT molecular complexity index is 885. The van der Waals surface area contributed by atoms with E-state index in [9.17, 15) is 0 Å². The van der Waals surface area contributed by atoms with Crippen molar-refractivity contribution in [1.29, 1.82) is 0 Å². The van der Waals surface area contributed by atoms with Crippen molar-refractivity contribution in [2.45, 2.75) is 11.8 Å². The maximum atomic E-state index is 6.29. The molecule has 0 radical (unpaired) electrons. The van der Waals surface area contributed by atoms with Crippen LogP contribution in [0.4, 0.5) is 5.69 Å². The third-order valence-corrected chi connectivity index (χ3v) is 4.70. The fourth-order valence-corrected chi connectivity index (χ4v) is 3.30. The van der Waals surface area contributed by atoms with Crippen LogP contribution in [-0.2, 0) is 0 Å². The summed E-state index contributed by atoms with van der Waals surface area (Å²) in [5.41, 5.74) is 8.16. The number of nitrogens with zero attached hydrogens (tertiary/aromatic N) is 3.